The summed E-state index contributed by atoms with van der Waals surface area (Å²) in [6, 6.07) is 4.38. The molecule has 1 amide bonds. The van der Waals surface area contributed by atoms with E-state index in [2.05, 4.69) is 5.32 Å². The first kappa shape index (κ1) is 14.0. The van der Waals surface area contributed by atoms with Crippen LogP contribution in [0.3, 0.4) is 0 Å². The van der Waals surface area contributed by atoms with Gasteiger partial charge in [0.1, 0.15) is 6.61 Å². The molecule has 1 unspecified atom stereocenters. The number of amides is 1. The fourth-order valence-electron chi connectivity index (χ4n) is 2.10. The van der Waals surface area contributed by atoms with Gasteiger partial charge in [-0.25, -0.2) is 0 Å². The zero-order chi connectivity index (χ0) is 14.0. The second kappa shape index (κ2) is 5.28. The van der Waals surface area contributed by atoms with Gasteiger partial charge in [0.05, 0.1) is 17.5 Å². The van der Waals surface area contributed by atoms with Crippen molar-refractivity contribution in [2.75, 3.05) is 13.2 Å². The van der Waals surface area contributed by atoms with E-state index < -0.39 is 10.1 Å². The standard InChI is InChI=1S/C12H15NO5S/c1-8-2-3-11(19(15,16)17)9(4-8)5-10-6-18-7-12(14)13-10/h2-4,10H,5-7H2,1H3,(H,13,14)(H,15,16,17). The first-order valence-corrected chi connectivity index (χ1v) is 7.24. The lowest BCUT2D eigenvalue weighted by molar-refractivity contribution is -0.131. The number of morpholine rings is 1. The number of carbonyl (C=O) groups excluding carboxylic acids is 1. The molecule has 0 aromatic heterocycles. The monoisotopic (exact) mass is 285 g/mol. The summed E-state index contributed by atoms with van der Waals surface area (Å²) in [7, 11) is -4.27. The summed E-state index contributed by atoms with van der Waals surface area (Å²) in [5.41, 5.74) is 1.35. The highest BCUT2D eigenvalue weighted by atomic mass is 32.2. The molecule has 1 fully saturated rings. The largest absolute Gasteiger partial charge is 0.369 e. The van der Waals surface area contributed by atoms with Crippen molar-refractivity contribution in [2.24, 2.45) is 0 Å². The van der Waals surface area contributed by atoms with Crippen molar-refractivity contribution in [3.63, 3.8) is 0 Å². The normalized spacial score (nSPS) is 20.1. The zero-order valence-electron chi connectivity index (χ0n) is 10.4. The van der Waals surface area contributed by atoms with E-state index in [9.17, 15) is 17.8 Å². The number of nitrogens with one attached hydrogen (secondary N) is 1. The average molecular weight is 285 g/mol. The first-order valence-electron chi connectivity index (χ1n) is 5.80. The SMILES string of the molecule is Cc1ccc(S(=O)(=O)O)c(CC2COCC(=O)N2)c1. The third-order valence-corrected chi connectivity index (χ3v) is 3.83. The quantitative estimate of drug-likeness (QED) is 0.779. The summed E-state index contributed by atoms with van der Waals surface area (Å²) in [6.07, 6.45) is 0.294. The van der Waals surface area contributed by atoms with Gasteiger partial charge < -0.3 is 10.1 Å². The molecule has 0 saturated carbocycles. The van der Waals surface area contributed by atoms with Crippen LogP contribution in [0.5, 0.6) is 0 Å². The van der Waals surface area contributed by atoms with Gasteiger partial charge in [0.25, 0.3) is 10.1 Å². The van der Waals surface area contributed by atoms with Crippen molar-refractivity contribution in [3.8, 4) is 0 Å². The molecule has 1 aliphatic heterocycles. The van der Waals surface area contributed by atoms with Gasteiger partial charge >= 0.3 is 0 Å². The van der Waals surface area contributed by atoms with Crippen LogP contribution in [0.2, 0.25) is 0 Å². The highest BCUT2D eigenvalue weighted by Gasteiger charge is 2.22. The molecule has 0 radical (unpaired) electrons. The second-order valence-corrected chi connectivity index (χ2v) is 5.96. The van der Waals surface area contributed by atoms with Gasteiger partial charge in [-0.15, -0.1) is 0 Å². The molecule has 104 valence electrons. The third kappa shape index (κ3) is 3.52. The lowest BCUT2D eigenvalue weighted by Crippen LogP contribution is -2.46. The van der Waals surface area contributed by atoms with E-state index in [0.29, 0.717) is 18.6 Å². The zero-order valence-corrected chi connectivity index (χ0v) is 11.2. The minimum absolute atomic E-state index is 0.0233. The molecular formula is C12H15NO5S. The van der Waals surface area contributed by atoms with Gasteiger partial charge in [0.15, 0.2) is 0 Å². The Balaban J connectivity index is 2.28. The minimum atomic E-state index is -4.27. The van der Waals surface area contributed by atoms with E-state index in [0.717, 1.165) is 5.56 Å². The minimum Gasteiger partial charge on any atom is -0.369 e. The Morgan fingerprint density at radius 1 is 1.47 bits per heavy atom. The maximum Gasteiger partial charge on any atom is 0.294 e. The van der Waals surface area contributed by atoms with Crippen LogP contribution in [0.25, 0.3) is 0 Å². The first-order chi connectivity index (χ1) is 8.86. The summed E-state index contributed by atoms with van der Waals surface area (Å²) < 4.78 is 36.9. The van der Waals surface area contributed by atoms with E-state index in [1.54, 1.807) is 12.1 Å². The maximum absolute atomic E-state index is 11.3. The van der Waals surface area contributed by atoms with E-state index in [1.807, 2.05) is 6.92 Å². The van der Waals surface area contributed by atoms with Crippen molar-refractivity contribution >= 4 is 16.0 Å². The van der Waals surface area contributed by atoms with Crippen LogP contribution >= 0.6 is 0 Å². The van der Waals surface area contributed by atoms with Crippen LogP contribution in [-0.4, -0.2) is 38.1 Å². The fourth-order valence-corrected chi connectivity index (χ4v) is 2.81. The van der Waals surface area contributed by atoms with Crippen LogP contribution in [0.1, 0.15) is 11.1 Å². The second-order valence-electron chi connectivity index (χ2n) is 4.57. The van der Waals surface area contributed by atoms with Crippen LogP contribution in [0.15, 0.2) is 23.1 Å². The molecule has 1 aliphatic rings. The van der Waals surface area contributed by atoms with E-state index >= 15 is 0 Å². The van der Waals surface area contributed by atoms with Crippen molar-refractivity contribution in [1.82, 2.24) is 5.32 Å². The lowest BCUT2D eigenvalue weighted by Gasteiger charge is -2.24. The molecule has 1 aromatic carbocycles. The highest BCUT2D eigenvalue weighted by molar-refractivity contribution is 7.85. The molecule has 2 rings (SSSR count). The Morgan fingerprint density at radius 2 is 2.21 bits per heavy atom. The Bertz CT molecular complexity index is 596. The van der Waals surface area contributed by atoms with Crippen LogP contribution in [0, 0.1) is 6.92 Å². The predicted octanol–water partition coefficient (Wildman–Crippen LogP) is 0.299. The summed E-state index contributed by atoms with van der Waals surface area (Å²) >= 11 is 0. The smallest absolute Gasteiger partial charge is 0.294 e. The number of rotatable bonds is 3. The predicted molar refractivity (Wildman–Crippen MR) is 67.4 cm³/mol. The summed E-state index contributed by atoms with van der Waals surface area (Å²) in [5.74, 6) is -0.225. The maximum atomic E-state index is 11.3. The van der Waals surface area contributed by atoms with Gasteiger partial charge in [-0.05, 0) is 25.0 Å². The van der Waals surface area contributed by atoms with Gasteiger partial charge in [0.2, 0.25) is 5.91 Å². The number of hydrogen-bond acceptors (Lipinski definition) is 4. The number of carbonyl (C=O) groups is 1. The summed E-state index contributed by atoms with van der Waals surface area (Å²) in [5, 5.41) is 2.72. The molecule has 1 atom stereocenters. The molecule has 1 saturated heterocycles. The summed E-state index contributed by atoms with van der Waals surface area (Å²) in [6.45, 7) is 2.17. The van der Waals surface area contributed by atoms with Crippen molar-refractivity contribution in [2.45, 2.75) is 24.3 Å². The Hall–Kier alpha value is -1.44. The number of benzene rings is 1. The Labute approximate surface area is 111 Å². The van der Waals surface area contributed by atoms with E-state index in [1.165, 1.54) is 6.07 Å². The van der Waals surface area contributed by atoms with Gasteiger partial charge in [0, 0.05) is 0 Å². The third-order valence-electron chi connectivity index (χ3n) is 2.88. The average Bonchev–Trinajstić information content (AvgIpc) is 2.27. The molecule has 0 bridgehead atoms. The Morgan fingerprint density at radius 3 is 2.84 bits per heavy atom. The molecule has 6 nitrogen and oxygen atoms in total. The van der Waals surface area contributed by atoms with E-state index in [4.69, 9.17) is 4.74 Å². The van der Waals surface area contributed by atoms with E-state index in [-0.39, 0.29) is 23.5 Å². The van der Waals surface area contributed by atoms with Gasteiger partial charge in [-0.3, -0.25) is 9.35 Å². The topological polar surface area (TPSA) is 92.7 Å². The van der Waals surface area contributed by atoms with Crippen molar-refractivity contribution in [1.29, 1.82) is 0 Å². The molecule has 0 spiro atoms. The molecule has 1 aromatic rings. The number of aryl methyl sites for hydroxylation is 1. The Kier molecular flexibility index (Phi) is 3.88. The number of ether oxygens (including phenoxy) is 1. The van der Waals surface area contributed by atoms with Crippen LogP contribution < -0.4 is 5.32 Å². The van der Waals surface area contributed by atoms with Crippen LogP contribution in [-0.2, 0) is 26.1 Å². The molecule has 19 heavy (non-hydrogen) atoms. The number of hydrogen-bond donors (Lipinski definition) is 2. The molecule has 0 aliphatic carbocycles. The van der Waals surface area contributed by atoms with Crippen molar-refractivity contribution < 1.29 is 22.5 Å². The van der Waals surface area contributed by atoms with Gasteiger partial charge in [-0.2, -0.15) is 8.42 Å². The van der Waals surface area contributed by atoms with Crippen molar-refractivity contribution in [3.05, 3.63) is 29.3 Å². The van der Waals surface area contributed by atoms with Gasteiger partial charge in [-0.1, -0.05) is 17.7 Å². The lowest BCUT2D eigenvalue weighted by atomic mass is 10.0. The summed E-state index contributed by atoms with van der Waals surface area (Å²) in [4.78, 5) is 11.1. The molecule has 2 N–H and O–H groups in total. The highest BCUT2D eigenvalue weighted by Crippen LogP contribution is 2.19. The molecular weight excluding hydrogens is 270 g/mol. The van der Waals surface area contributed by atoms with Crippen LogP contribution in [0.4, 0.5) is 0 Å². The fraction of sp³-hybridized carbons (Fsp3) is 0.417. The molecule has 7 heteroatoms. The molecule has 1 heterocycles.